The van der Waals surface area contributed by atoms with Gasteiger partial charge in [0.2, 0.25) is 12.7 Å². The summed E-state index contributed by atoms with van der Waals surface area (Å²) in [6, 6.07) is 11.6. The van der Waals surface area contributed by atoms with E-state index in [1.54, 1.807) is 30.3 Å². The molecule has 4 rings (SSSR count). The smallest absolute Gasteiger partial charge is 0.231 e. The van der Waals surface area contributed by atoms with Crippen LogP contribution in [0.4, 0.5) is 4.39 Å². The average Bonchev–Trinajstić information content (AvgIpc) is 3.35. The highest BCUT2D eigenvalue weighted by Gasteiger charge is 2.16. The van der Waals surface area contributed by atoms with E-state index in [2.05, 4.69) is 4.98 Å². The Bertz CT molecular complexity index is 984. The van der Waals surface area contributed by atoms with Gasteiger partial charge in [-0.15, -0.1) is 0 Å². The molecule has 0 fully saturated rings. The molecule has 0 aliphatic carbocycles. The molecule has 144 valence electrons. The van der Waals surface area contributed by atoms with Gasteiger partial charge in [-0.3, -0.25) is 4.79 Å². The van der Waals surface area contributed by atoms with Gasteiger partial charge in [0.15, 0.2) is 23.1 Å². The SMILES string of the molecule is CN(Cc1ccc2c(c1)OCO2)C(=O)CCc1ncc(-c2ccc(F)cc2)o1. The van der Waals surface area contributed by atoms with E-state index < -0.39 is 0 Å². The number of hydrogen-bond acceptors (Lipinski definition) is 5. The van der Waals surface area contributed by atoms with Crippen molar-refractivity contribution in [2.75, 3.05) is 13.8 Å². The zero-order valence-electron chi connectivity index (χ0n) is 15.4. The molecule has 6 nitrogen and oxygen atoms in total. The monoisotopic (exact) mass is 382 g/mol. The summed E-state index contributed by atoms with van der Waals surface area (Å²) >= 11 is 0. The minimum Gasteiger partial charge on any atom is -0.454 e. The minimum absolute atomic E-state index is 0.0146. The van der Waals surface area contributed by atoms with Gasteiger partial charge in [-0.05, 0) is 42.0 Å². The molecule has 0 N–H and O–H groups in total. The maximum Gasteiger partial charge on any atom is 0.231 e. The largest absolute Gasteiger partial charge is 0.454 e. The molecule has 1 aromatic heterocycles. The maximum absolute atomic E-state index is 13.0. The van der Waals surface area contributed by atoms with Crippen LogP contribution in [0.5, 0.6) is 11.5 Å². The number of ether oxygens (including phenoxy) is 2. The highest BCUT2D eigenvalue weighted by Crippen LogP contribution is 2.32. The number of aromatic nitrogens is 1. The van der Waals surface area contributed by atoms with Crippen molar-refractivity contribution in [2.45, 2.75) is 19.4 Å². The van der Waals surface area contributed by atoms with Crippen LogP contribution in [0.3, 0.4) is 0 Å². The van der Waals surface area contributed by atoms with Crippen molar-refractivity contribution < 1.29 is 23.1 Å². The lowest BCUT2D eigenvalue weighted by molar-refractivity contribution is -0.130. The molecule has 2 aromatic carbocycles. The van der Waals surface area contributed by atoms with Crippen molar-refractivity contribution in [3.8, 4) is 22.8 Å². The number of oxazole rings is 1. The molecule has 1 aliphatic heterocycles. The van der Waals surface area contributed by atoms with Crippen molar-refractivity contribution in [1.29, 1.82) is 0 Å². The van der Waals surface area contributed by atoms with Gasteiger partial charge in [-0.25, -0.2) is 9.37 Å². The number of carbonyl (C=O) groups is 1. The molecule has 0 bridgehead atoms. The molecule has 1 amide bonds. The Balaban J connectivity index is 1.32. The Hall–Kier alpha value is -3.35. The Morgan fingerprint density at radius 1 is 1.14 bits per heavy atom. The second-order valence-electron chi connectivity index (χ2n) is 6.56. The predicted octanol–water partition coefficient (Wildman–Crippen LogP) is 3.80. The third-order valence-electron chi connectivity index (χ3n) is 4.52. The van der Waals surface area contributed by atoms with Gasteiger partial charge in [0.25, 0.3) is 0 Å². The molecule has 1 aliphatic rings. The van der Waals surface area contributed by atoms with Gasteiger partial charge in [-0.1, -0.05) is 6.07 Å². The Labute approximate surface area is 161 Å². The third kappa shape index (κ3) is 3.98. The van der Waals surface area contributed by atoms with E-state index in [9.17, 15) is 9.18 Å². The van der Waals surface area contributed by atoms with Gasteiger partial charge in [-0.2, -0.15) is 0 Å². The summed E-state index contributed by atoms with van der Waals surface area (Å²) in [4.78, 5) is 18.3. The summed E-state index contributed by atoms with van der Waals surface area (Å²) in [5.41, 5.74) is 1.71. The van der Waals surface area contributed by atoms with Gasteiger partial charge in [0.05, 0.1) is 6.20 Å². The maximum atomic E-state index is 13.0. The van der Waals surface area contributed by atoms with Crippen LogP contribution < -0.4 is 9.47 Å². The topological polar surface area (TPSA) is 64.8 Å². The van der Waals surface area contributed by atoms with E-state index >= 15 is 0 Å². The number of amides is 1. The molecule has 0 spiro atoms. The van der Waals surface area contributed by atoms with Crippen molar-refractivity contribution >= 4 is 5.91 Å². The van der Waals surface area contributed by atoms with Gasteiger partial charge >= 0.3 is 0 Å². The lowest BCUT2D eigenvalue weighted by atomic mass is 10.2. The van der Waals surface area contributed by atoms with Crippen LogP contribution in [-0.4, -0.2) is 29.6 Å². The highest BCUT2D eigenvalue weighted by molar-refractivity contribution is 5.76. The van der Waals surface area contributed by atoms with E-state index in [1.165, 1.54) is 12.1 Å². The van der Waals surface area contributed by atoms with Crippen LogP contribution in [0, 0.1) is 5.82 Å². The molecule has 0 atom stereocenters. The van der Waals surface area contributed by atoms with E-state index in [0.717, 1.165) is 16.9 Å². The fourth-order valence-electron chi connectivity index (χ4n) is 2.98. The van der Waals surface area contributed by atoms with Crippen molar-refractivity contribution in [3.05, 3.63) is 65.9 Å². The van der Waals surface area contributed by atoms with Crippen LogP contribution in [-0.2, 0) is 17.8 Å². The predicted molar refractivity (Wildman–Crippen MR) is 99.3 cm³/mol. The first-order valence-electron chi connectivity index (χ1n) is 8.91. The molecule has 0 unspecified atom stereocenters. The number of aryl methyl sites for hydroxylation is 1. The molecular weight excluding hydrogens is 363 g/mol. The minimum atomic E-state index is -0.306. The first-order valence-corrected chi connectivity index (χ1v) is 8.91. The van der Waals surface area contributed by atoms with Gasteiger partial charge in [0.1, 0.15) is 5.82 Å². The lowest BCUT2D eigenvalue weighted by Crippen LogP contribution is -2.26. The number of hydrogen-bond donors (Lipinski definition) is 0. The van der Waals surface area contributed by atoms with Crippen molar-refractivity contribution in [2.24, 2.45) is 0 Å². The lowest BCUT2D eigenvalue weighted by Gasteiger charge is -2.17. The van der Waals surface area contributed by atoms with Crippen molar-refractivity contribution in [1.82, 2.24) is 9.88 Å². The van der Waals surface area contributed by atoms with Gasteiger partial charge < -0.3 is 18.8 Å². The summed E-state index contributed by atoms with van der Waals surface area (Å²) in [7, 11) is 1.76. The number of benzene rings is 2. The van der Waals surface area contributed by atoms with Crippen LogP contribution in [0.1, 0.15) is 17.9 Å². The summed E-state index contributed by atoms with van der Waals surface area (Å²) < 4.78 is 29.3. The molecule has 7 heteroatoms. The molecule has 0 saturated heterocycles. The Kier molecular flexibility index (Phi) is 4.97. The molecule has 3 aromatic rings. The molecule has 0 radical (unpaired) electrons. The summed E-state index contributed by atoms with van der Waals surface area (Å²) in [5.74, 6) is 2.13. The summed E-state index contributed by atoms with van der Waals surface area (Å²) in [5, 5.41) is 0. The first kappa shape index (κ1) is 18.0. The number of carbonyl (C=O) groups excluding carboxylic acids is 1. The van der Waals surface area contributed by atoms with E-state index in [-0.39, 0.29) is 24.9 Å². The van der Waals surface area contributed by atoms with E-state index in [1.807, 2.05) is 18.2 Å². The Morgan fingerprint density at radius 2 is 1.93 bits per heavy atom. The standard InChI is InChI=1S/C21H19FN2O4/c1-24(12-14-2-7-17-18(10-14)27-13-26-17)21(25)9-8-20-23-11-19(28-20)15-3-5-16(22)6-4-15/h2-7,10-11H,8-9,12-13H2,1H3. The summed E-state index contributed by atoms with van der Waals surface area (Å²) in [6.07, 6.45) is 2.26. The normalized spacial score (nSPS) is 12.2. The van der Waals surface area contributed by atoms with Gasteiger partial charge in [0, 0.05) is 32.0 Å². The summed E-state index contributed by atoms with van der Waals surface area (Å²) in [6.45, 7) is 0.700. The number of rotatable bonds is 6. The van der Waals surface area contributed by atoms with E-state index in [0.29, 0.717) is 30.4 Å². The van der Waals surface area contributed by atoms with E-state index in [4.69, 9.17) is 13.9 Å². The molecule has 0 saturated carbocycles. The zero-order chi connectivity index (χ0) is 19.5. The van der Waals surface area contributed by atoms with Crippen molar-refractivity contribution in [3.63, 3.8) is 0 Å². The number of nitrogens with zero attached hydrogens (tertiary/aromatic N) is 2. The average molecular weight is 382 g/mol. The second-order valence-corrected chi connectivity index (χ2v) is 6.56. The fraction of sp³-hybridized carbons (Fsp3) is 0.238. The first-order chi connectivity index (χ1) is 13.6. The van der Waals surface area contributed by atoms with Crippen LogP contribution in [0.2, 0.25) is 0 Å². The van der Waals surface area contributed by atoms with Crippen LogP contribution in [0.15, 0.2) is 53.1 Å². The fourth-order valence-corrected chi connectivity index (χ4v) is 2.98. The molecule has 28 heavy (non-hydrogen) atoms. The zero-order valence-corrected chi connectivity index (χ0v) is 15.4. The second kappa shape index (κ2) is 7.72. The highest BCUT2D eigenvalue weighted by atomic mass is 19.1. The Morgan fingerprint density at radius 3 is 2.75 bits per heavy atom. The van der Waals surface area contributed by atoms with Crippen LogP contribution in [0.25, 0.3) is 11.3 Å². The quantitative estimate of drug-likeness (QED) is 0.649. The molecule has 2 heterocycles. The number of halogens is 1. The third-order valence-corrected chi connectivity index (χ3v) is 4.52. The molecular formula is C21H19FN2O4. The van der Waals surface area contributed by atoms with Crippen LogP contribution >= 0.6 is 0 Å². The number of fused-ring (bicyclic) bond motifs is 1.